The van der Waals surface area contributed by atoms with Crippen LogP contribution >= 0.6 is 0 Å². The molecule has 4 nitrogen and oxygen atoms in total. The lowest BCUT2D eigenvalue weighted by Gasteiger charge is -2.17. The second kappa shape index (κ2) is 9.38. The van der Waals surface area contributed by atoms with Gasteiger partial charge in [-0.15, -0.1) is 0 Å². The molecule has 0 radical (unpaired) electrons. The molecule has 0 fully saturated rings. The van der Waals surface area contributed by atoms with Crippen LogP contribution in [0.1, 0.15) is 5.56 Å². The summed E-state index contributed by atoms with van der Waals surface area (Å²) in [6, 6.07) is 30.0. The van der Waals surface area contributed by atoms with Crippen molar-refractivity contribution < 1.29 is 18.8 Å². The summed E-state index contributed by atoms with van der Waals surface area (Å²) in [5, 5.41) is 5.61. The van der Waals surface area contributed by atoms with Gasteiger partial charge < -0.3 is 14.2 Å². The topological polar surface area (TPSA) is 31.6 Å². The maximum Gasteiger partial charge on any atom is 0.220 e. The van der Waals surface area contributed by atoms with E-state index in [4.69, 9.17) is 14.2 Å². The van der Waals surface area contributed by atoms with Crippen LogP contribution in [0.4, 0.5) is 0 Å². The first-order valence-corrected chi connectivity index (χ1v) is 12.7. The molecule has 6 rings (SSSR count). The molecular weight excluding hydrogens is 470 g/mol. The molecule has 0 amide bonds. The molecule has 0 aliphatic rings. The van der Waals surface area contributed by atoms with Crippen LogP contribution in [0, 0.1) is 6.92 Å². The van der Waals surface area contributed by atoms with Gasteiger partial charge in [-0.2, -0.15) is 4.57 Å². The zero-order valence-electron chi connectivity index (χ0n) is 22.3. The summed E-state index contributed by atoms with van der Waals surface area (Å²) in [4.78, 5) is 0. The molecule has 6 aromatic rings. The third-order valence-corrected chi connectivity index (χ3v) is 7.56. The van der Waals surface area contributed by atoms with Crippen molar-refractivity contribution in [2.24, 2.45) is 7.05 Å². The van der Waals surface area contributed by atoms with Crippen LogP contribution in [0.2, 0.25) is 0 Å². The Labute approximate surface area is 222 Å². The highest BCUT2D eigenvalue weighted by Gasteiger charge is 2.22. The van der Waals surface area contributed by atoms with Gasteiger partial charge in [0.05, 0.1) is 37.5 Å². The fraction of sp³-hybridized carbons (Fsp3) is 0.147. The van der Waals surface area contributed by atoms with Gasteiger partial charge in [0, 0.05) is 5.39 Å². The highest BCUT2D eigenvalue weighted by Crippen LogP contribution is 2.43. The number of ether oxygens (including phenoxy) is 3. The van der Waals surface area contributed by atoms with Crippen molar-refractivity contribution in [2.75, 3.05) is 21.3 Å². The zero-order chi connectivity index (χ0) is 26.4. The Balaban J connectivity index is 1.64. The normalized spacial score (nSPS) is 11.3. The predicted molar refractivity (Wildman–Crippen MR) is 155 cm³/mol. The molecule has 5 aromatic carbocycles. The average Bonchev–Trinajstić information content (AvgIpc) is 2.96. The number of nitrogens with zero attached hydrogens (tertiary/aromatic N) is 1. The minimum Gasteiger partial charge on any atom is -0.496 e. The molecule has 4 heteroatoms. The standard InChI is InChI=1S/C34H30NO3/c1-21-31(37-4)19-28-26(32(21)24-13-11-23(12-14-24)22-9-7-6-8-10-22)15-16-27-25-17-18-30(36-3)34(38-5)29(25)20-35(2)33(27)28/h6-20H,1-5H3/q+1. The Morgan fingerprint density at radius 1 is 0.553 bits per heavy atom. The van der Waals surface area contributed by atoms with E-state index in [1.807, 2.05) is 12.1 Å². The third-order valence-electron chi connectivity index (χ3n) is 7.56. The quantitative estimate of drug-likeness (QED) is 0.180. The summed E-state index contributed by atoms with van der Waals surface area (Å²) in [6.07, 6.45) is 2.12. The van der Waals surface area contributed by atoms with Crippen molar-refractivity contribution in [3.8, 4) is 39.5 Å². The number of hydrogen-bond acceptors (Lipinski definition) is 3. The first-order chi connectivity index (χ1) is 18.5. The summed E-state index contributed by atoms with van der Waals surface area (Å²) >= 11 is 0. The van der Waals surface area contributed by atoms with E-state index in [1.165, 1.54) is 27.6 Å². The summed E-state index contributed by atoms with van der Waals surface area (Å²) in [7, 11) is 7.18. The van der Waals surface area contributed by atoms with Gasteiger partial charge in [-0.25, -0.2) is 0 Å². The molecule has 0 saturated carbocycles. The maximum absolute atomic E-state index is 5.91. The number of hydrogen-bond donors (Lipinski definition) is 0. The van der Waals surface area contributed by atoms with Crippen LogP contribution < -0.4 is 18.8 Å². The van der Waals surface area contributed by atoms with Gasteiger partial charge >= 0.3 is 0 Å². The minimum absolute atomic E-state index is 0.721. The van der Waals surface area contributed by atoms with Crippen LogP contribution in [0.15, 0.2) is 91.1 Å². The summed E-state index contributed by atoms with van der Waals surface area (Å²) in [5.41, 5.74) is 7.04. The SMILES string of the molecule is COc1cc2c(ccc3c4ccc(OC)c(OC)c4c[n+](C)c23)c(-c2ccc(-c3ccccc3)cc2)c1C. The largest absolute Gasteiger partial charge is 0.496 e. The highest BCUT2D eigenvalue weighted by atomic mass is 16.5. The van der Waals surface area contributed by atoms with Gasteiger partial charge in [0.15, 0.2) is 17.7 Å². The smallest absolute Gasteiger partial charge is 0.220 e. The third kappa shape index (κ3) is 3.64. The van der Waals surface area contributed by atoms with E-state index < -0.39 is 0 Å². The molecule has 0 unspecified atom stereocenters. The van der Waals surface area contributed by atoms with Crippen molar-refractivity contribution in [3.05, 3.63) is 96.7 Å². The Morgan fingerprint density at radius 2 is 1.18 bits per heavy atom. The number of methoxy groups -OCH3 is 3. The lowest BCUT2D eigenvalue weighted by atomic mass is 9.90. The van der Waals surface area contributed by atoms with E-state index in [0.29, 0.717) is 0 Å². The molecule has 38 heavy (non-hydrogen) atoms. The van der Waals surface area contributed by atoms with E-state index in [2.05, 4.69) is 97.5 Å². The van der Waals surface area contributed by atoms with E-state index in [0.717, 1.165) is 49.9 Å². The monoisotopic (exact) mass is 500 g/mol. The molecule has 0 atom stereocenters. The maximum atomic E-state index is 5.91. The molecule has 1 heterocycles. The Bertz CT molecular complexity index is 1820. The molecule has 0 bridgehead atoms. The van der Waals surface area contributed by atoms with Crippen LogP contribution in [0.5, 0.6) is 17.2 Å². The van der Waals surface area contributed by atoms with Gasteiger partial charge in [0.1, 0.15) is 12.8 Å². The van der Waals surface area contributed by atoms with Gasteiger partial charge in [-0.3, -0.25) is 0 Å². The highest BCUT2D eigenvalue weighted by molar-refractivity contribution is 6.17. The molecular formula is C34H30NO3+. The second-order valence-corrected chi connectivity index (χ2v) is 9.58. The minimum atomic E-state index is 0.721. The van der Waals surface area contributed by atoms with E-state index in [-0.39, 0.29) is 0 Å². The summed E-state index contributed by atoms with van der Waals surface area (Å²) < 4.78 is 19.4. The number of benzene rings is 5. The molecule has 0 N–H and O–H groups in total. The van der Waals surface area contributed by atoms with Crippen molar-refractivity contribution in [3.63, 3.8) is 0 Å². The number of aromatic nitrogens is 1. The van der Waals surface area contributed by atoms with Crippen molar-refractivity contribution in [1.29, 1.82) is 0 Å². The number of rotatable bonds is 5. The lowest BCUT2D eigenvalue weighted by Crippen LogP contribution is -2.28. The molecule has 188 valence electrons. The fourth-order valence-electron chi connectivity index (χ4n) is 5.75. The average molecular weight is 501 g/mol. The van der Waals surface area contributed by atoms with Gasteiger partial charge in [-0.05, 0) is 64.4 Å². The van der Waals surface area contributed by atoms with Crippen molar-refractivity contribution >= 4 is 32.4 Å². The van der Waals surface area contributed by atoms with Crippen molar-refractivity contribution in [1.82, 2.24) is 0 Å². The van der Waals surface area contributed by atoms with Crippen LogP contribution in [0.3, 0.4) is 0 Å². The molecule has 0 aliphatic heterocycles. The molecule has 0 saturated heterocycles. The van der Waals surface area contributed by atoms with Gasteiger partial charge in [0.25, 0.3) is 0 Å². The van der Waals surface area contributed by atoms with Crippen LogP contribution in [-0.2, 0) is 7.05 Å². The van der Waals surface area contributed by atoms with E-state index >= 15 is 0 Å². The number of aryl methyl sites for hydroxylation is 1. The second-order valence-electron chi connectivity index (χ2n) is 9.58. The predicted octanol–water partition coefficient (Wildman–Crippen LogP) is 7.64. The van der Waals surface area contributed by atoms with Crippen LogP contribution in [0.25, 0.3) is 54.7 Å². The van der Waals surface area contributed by atoms with E-state index in [9.17, 15) is 0 Å². The number of fused-ring (bicyclic) bond motifs is 5. The first-order valence-electron chi connectivity index (χ1n) is 12.7. The summed E-state index contributed by atoms with van der Waals surface area (Å²) in [5.74, 6) is 2.33. The molecule has 0 aliphatic carbocycles. The fourth-order valence-corrected chi connectivity index (χ4v) is 5.75. The Morgan fingerprint density at radius 3 is 1.87 bits per heavy atom. The Hall–Kier alpha value is -4.57. The summed E-state index contributed by atoms with van der Waals surface area (Å²) in [6.45, 7) is 2.14. The van der Waals surface area contributed by atoms with E-state index in [1.54, 1.807) is 21.3 Å². The number of pyridine rings is 1. The van der Waals surface area contributed by atoms with Crippen LogP contribution in [-0.4, -0.2) is 21.3 Å². The zero-order valence-corrected chi connectivity index (χ0v) is 22.3. The first kappa shape index (κ1) is 23.8. The Kier molecular flexibility index (Phi) is 5.88. The van der Waals surface area contributed by atoms with Gasteiger partial charge in [-0.1, -0.05) is 60.7 Å². The molecule has 0 spiro atoms. The van der Waals surface area contributed by atoms with Crippen molar-refractivity contribution in [2.45, 2.75) is 6.92 Å². The lowest BCUT2D eigenvalue weighted by molar-refractivity contribution is -0.642. The molecule has 1 aromatic heterocycles. The van der Waals surface area contributed by atoms with Gasteiger partial charge in [0.2, 0.25) is 5.52 Å².